The van der Waals surface area contributed by atoms with Gasteiger partial charge in [-0.3, -0.25) is 9.19 Å². The Bertz CT molecular complexity index is 1200. The van der Waals surface area contributed by atoms with E-state index in [1.165, 1.54) is 18.4 Å². The van der Waals surface area contributed by atoms with Gasteiger partial charge in [-0.1, -0.05) is 13.0 Å². The average molecular weight is 432 g/mol. The maximum atomic E-state index is 12.4. The molecular weight excluding hydrogens is 406 g/mol. The fourth-order valence-electron chi connectivity index (χ4n) is 4.64. The molecule has 7 heteroatoms. The monoisotopic (exact) mass is 431 g/mol. The summed E-state index contributed by atoms with van der Waals surface area (Å²) in [5.41, 5.74) is 11.7. The Morgan fingerprint density at radius 2 is 1.84 bits per heavy atom. The third-order valence-corrected chi connectivity index (χ3v) is 8.27. The molecule has 31 heavy (non-hydrogen) atoms. The van der Waals surface area contributed by atoms with Gasteiger partial charge in [0.05, 0.1) is 16.5 Å². The van der Waals surface area contributed by atoms with E-state index in [0.29, 0.717) is 11.7 Å². The minimum atomic E-state index is -0.978. The lowest BCUT2D eigenvalue weighted by atomic mass is 9.99. The Labute approximate surface area is 184 Å². The lowest BCUT2D eigenvalue weighted by molar-refractivity contribution is 0.684. The van der Waals surface area contributed by atoms with Crippen LogP contribution in [0.5, 0.6) is 0 Å². The Hall–Kier alpha value is -2.64. The van der Waals surface area contributed by atoms with Crippen LogP contribution >= 0.6 is 0 Å². The average Bonchev–Trinajstić information content (AvgIpc) is 3.73. The van der Waals surface area contributed by atoms with Gasteiger partial charge in [-0.05, 0) is 61.1 Å². The van der Waals surface area contributed by atoms with Crippen molar-refractivity contribution in [2.75, 3.05) is 17.2 Å². The van der Waals surface area contributed by atoms with Crippen LogP contribution in [0.15, 0.2) is 53.8 Å². The quantitative estimate of drug-likeness (QED) is 0.661. The number of fused-ring (bicyclic) bond motifs is 2. The molecule has 158 valence electrons. The van der Waals surface area contributed by atoms with E-state index in [1.54, 1.807) is 0 Å². The molecule has 2 N–H and O–H groups in total. The highest BCUT2D eigenvalue weighted by Gasteiger charge is 2.52. The van der Waals surface area contributed by atoms with Crippen molar-refractivity contribution in [3.63, 3.8) is 0 Å². The van der Waals surface area contributed by atoms with Gasteiger partial charge in [0.15, 0.2) is 0 Å². The van der Waals surface area contributed by atoms with Crippen LogP contribution in [0.3, 0.4) is 0 Å². The van der Waals surface area contributed by atoms with E-state index >= 15 is 0 Å². The molecular formula is C24H25N5OS. The zero-order valence-electron chi connectivity index (χ0n) is 17.5. The molecule has 3 heterocycles. The summed E-state index contributed by atoms with van der Waals surface area (Å²) >= 11 is 0. The summed E-state index contributed by atoms with van der Waals surface area (Å²) in [6, 6.07) is 10.3. The molecule has 2 aromatic heterocycles. The molecule has 1 aliphatic heterocycles. The van der Waals surface area contributed by atoms with Crippen LogP contribution in [0.4, 0.5) is 11.6 Å². The summed E-state index contributed by atoms with van der Waals surface area (Å²) in [5, 5.41) is 0. The second-order valence-electron chi connectivity index (χ2n) is 9.04. The molecule has 3 aliphatic rings. The smallest absolute Gasteiger partial charge is 0.229 e. The molecule has 3 aromatic rings. The highest BCUT2D eigenvalue weighted by Crippen LogP contribution is 2.58. The third kappa shape index (κ3) is 3.10. The standard InChI is InChI=1S/C24H25N5OS/c1-2-31(30)18-3-4-19-21(12-18)29(15-23(19)6-7-23)22-27-13-16(14-28-22)20-11-17(5-10-26-20)24(25)8-9-24/h3-5,10-14H,2,6-9,15,25H2,1H3. The van der Waals surface area contributed by atoms with Crippen molar-refractivity contribution in [3.05, 3.63) is 60.0 Å². The van der Waals surface area contributed by atoms with Gasteiger partial charge >= 0.3 is 0 Å². The van der Waals surface area contributed by atoms with Crippen molar-refractivity contribution in [2.24, 2.45) is 5.73 Å². The van der Waals surface area contributed by atoms with Gasteiger partial charge in [-0.15, -0.1) is 0 Å². The summed E-state index contributed by atoms with van der Waals surface area (Å²) in [5.74, 6) is 1.30. The van der Waals surface area contributed by atoms with Crippen LogP contribution in [0.25, 0.3) is 11.3 Å². The number of hydrogen-bond donors (Lipinski definition) is 1. The predicted molar refractivity (Wildman–Crippen MR) is 122 cm³/mol. The zero-order valence-corrected chi connectivity index (χ0v) is 18.4. The first-order valence-corrected chi connectivity index (χ1v) is 12.2. The fraction of sp³-hybridized carbons (Fsp3) is 0.375. The number of aromatic nitrogens is 3. The first-order valence-electron chi connectivity index (χ1n) is 10.9. The van der Waals surface area contributed by atoms with Crippen LogP contribution < -0.4 is 10.6 Å². The lowest BCUT2D eigenvalue weighted by Crippen LogP contribution is -2.21. The highest BCUT2D eigenvalue weighted by molar-refractivity contribution is 7.85. The molecule has 2 saturated carbocycles. The molecule has 0 radical (unpaired) electrons. The predicted octanol–water partition coefficient (Wildman–Crippen LogP) is 3.80. The fourth-order valence-corrected chi connectivity index (χ4v) is 5.43. The number of benzene rings is 1. The molecule has 0 amide bonds. The number of pyridine rings is 1. The van der Waals surface area contributed by atoms with Crippen molar-refractivity contribution < 1.29 is 4.21 Å². The second kappa shape index (κ2) is 6.68. The summed E-state index contributed by atoms with van der Waals surface area (Å²) in [7, 11) is -0.978. The first kappa shape index (κ1) is 19.1. The Balaban J connectivity index is 1.33. The van der Waals surface area contributed by atoms with Crippen LogP contribution in [0.2, 0.25) is 0 Å². The van der Waals surface area contributed by atoms with E-state index in [2.05, 4.69) is 28.1 Å². The molecule has 1 atom stereocenters. The van der Waals surface area contributed by atoms with Gasteiger partial charge in [0.2, 0.25) is 5.95 Å². The van der Waals surface area contributed by atoms with Crippen LogP contribution in [-0.2, 0) is 21.8 Å². The van der Waals surface area contributed by atoms with Crippen molar-refractivity contribution in [2.45, 2.75) is 48.5 Å². The molecule has 6 nitrogen and oxygen atoms in total. The maximum absolute atomic E-state index is 12.4. The molecule has 6 rings (SSSR count). The molecule has 0 saturated heterocycles. The molecule has 1 unspecified atom stereocenters. The Kier molecular flexibility index (Phi) is 4.11. The van der Waals surface area contributed by atoms with Crippen molar-refractivity contribution in [1.82, 2.24) is 15.0 Å². The van der Waals surface area contributed by atoms with E-state index < -0.39 is 10.8 Å². The Morgan fingerprint density at radius 3 is 2.52 bits per heavy atom. The van der Waals surface area contributed by atoms with Crippen LogP contribution in [0, 0.1) is 0 Å². The third-order valence-electron chi connectivity index (χ3n) is 6.97. The van der Waals surface area contributed by atoms with Crippen molar-refractivity contribution in [1.29, 1.82) is 0 Å². The van der Waals surface area contributed by atoms with Gasteiger partial charge in [0.1, 0.15) is 0 Å². The van der Waals surface area contributed by atoms with Crippen molar-refractivity contribution >= 4 is 22.4 Å². The second-order valence-corrected chi connectivity index (χ2v) is 10.8. The largest absolute Gasteiger partial charge is 0.321 e. The van der Waals surface area contributed by atoms with E-state index in [0.717, 1.165) is 46.8 Å². The van der Waals surface area contributed by atoms with E-state index in [1.807, 2.05) is 37.6 Å². The number of anilines is 2. The van der Waals surface area contributed by atoms with Gasteiger partial charge in [-0.25, -0.2) is 9.97 Å². The molecule has 2 fully saturated rings. The maximum Gasteiger partial charge on any atom is 0.229 e. The van der Waals surface area contributed by atoms with Gasteiger partial charge < -0.3 is 10.6 Å². The minimum Gasteiger partial charge on any atom is -0.321 e. The summed E-state index contributed by atoms with van der Waals surface area (Å²) in [6.07, 6.45) is 9.91. The van der Waals surface area contributed by atoms with Gasteiger partial charge in [-0.2, -0.15) is 0 Å². The zero-order chi connectivity index (χ0) is 21.2. The molecule has 1 spiro atoms. The normalized spacial score (nSPS) is 20.5. The topological polar surface area (TPSA) is 85.0 Å². The number of rotatable bonds is 5. The van der Waals surface area contributed by atoms with Crippen LogP contribution in [-0.4, -0.2) is 31.5 Å². The minimum absolute atomic E-state index is 0.188. The molecule has 1 aromatic carbocycles. The summed E-state index contributed by atoms with van der Waals surface area (Å²) in [4.78, 5) is 17.0. The molecule has 0 bridgehead atoms. The lowest BCUT2D eigenvalue weighted by Gasteiger charge is -2.18. The summed E-state index contributed by atoms with van der Waals surface area (Å²) < 4.78 is 12.4. The molecule has 2 aliphatic carbocycles. The van der Waals surface area contributed by atoms with Crippen LogP contribution in [0.1, 0.15) is 43.7 Å². The number of hydrogen-bond acceptors (Lipinski definition) is 6. The van der Waals surface area contributed by atoms with Gasteiger partial charge in [0.25, 0.3) is 0 Å². The van der Waals surface area contributed by atoms with E-state index in [9.17, 15) is 4.21 Å². The SMILES string of the molecule is CCS(=O)c1ccc2c(c1)N(c1ncc(-c3cc(C4(N)CC4)ccn3)cn1)CC21CC1. The van der Waals surface area contributed by atoms with Crippen molar-refractivity contribution in [3.8, 4) is 11.3 Å². The van der Waals surface area contributed by atoms with E-state index in [4.69, 9.17) is 15.7 Å². The number of nitrogens with two attached hydrogens (primary N) is 1. The Morgan fingerprint density at radius 1 is 1.06 bits per heavy atom. The highest BCUT2D eigenvalue weighted by atomic mass is 32.2. The number of nitrogens with zero attached hydrogens (tertiary/aromatic N) is 4. The van der Waals surface area contributed by atoms with Gasteiger partial charge in [0, 0.05) is 58.0 Å². The van der Waals surface area contributed by atoms with E-state index in [-0.39, 0.29) is 11.0 Å². The first-order chi connectivity index (χ1) is 15.0. The summed E-state index contributed by atoms with van der Waals surface area (Å²) in [6.45, 7) is 2.83.